The molecular weight excluding hydrogens is 160 g/mol. The van der Waals surface area contributed by atoms with Gasteiger partial charge in [-0.3, -0.25) is 0 Å². The first-order valence-corrected chi connectivity index (χ1v) is 3.74. The molecule has 0 aliphatic heterocycles. The van der Waals surface area contributed by atoms with Crippen LogP contribution >= 0.6 is 11.6 Å². The quantitative estimate of drug-likeness (QED) is 0.587. The largest absolute Gasteiger partial charge is 0.305 e. The molecule has 0 unspecified atom stereocenters. The van der Waals surface area contributed by atoms with Gasteiger partial charge in [0.1, 0.15) is 0 Å². The maximum absolute atomic E-state index is 5.78. The average Bonchev–Trinajstić information content (AvgIpc) is 2.32. The Balaban J connectivity index is 2.86. The molecular formula is C8H7ClN2. The third-order valence-corrected chi connectivity index (χ3v) is 1.91. The Morgan fingerprint density at radius 3 is 3.09 bits per heavy atom. The normalized spacial score (nSPS) is 10.7. The Kier molecular flexibility index (Phi) is 1.36. The van der Waals surface area contributed by atoms with Gasteiger partial charge in [0.25, 0.3) is 0 Å². The van der Waals surface area contributed by atoms with Crippen LogP contribution in [0, 0.1) is 6.92 Å². The molecule has 2 heterocycles. The molecule has 2 aromatic heterocycles. The van der Waals surface area contributed by atoms with Crippen LogP contribution in [0.2, 0.25) is 5.02 Å². The van der Waals surface area contributed by atoms with Crippen molar-refractivity contribution in [2.24, 2.45) is 0 Å². The van der Waals surface area contributed by atoms with Gasteiger partial charge >= 0.3 is 0 Å². The van der Waals surface area contributed by atoms with E-state index >= 15 is 0 Å². The number of nitrogens with zero attached hydrogens (tertiary/aromatic N) is 2. The van der Waals surface area contributed by atoms with Gasteiger partial charge in [-0.15, -0.1) is 0 Å². The predicted molar refractivity (Wildman–Crippen MR) is 44.9 cm³/mol. The standard InChI is InChI=1S/C8H7ClN2/c1-6-8-3-2-7(9)4-11(8)5-10-6/h2-5H,1H3. The molecule has 11 heavy (non-hydrogen) atoms. The summed E-state index contributed by atoms with van der Waals surface area (Å²) >= 11 is 5.78. The number of fused-ring (bicyclic) bond motifs is 1. The first-order valence-electron chi connectivity index (χ1n) is 3.36. The topological polar surface area (TPSA) is 17.3 Å². The zero-order chi connectivity index (χ0) is 7.84. The molecule has 3 heteroatoms. The molecule has 0 aliphatic rings. The Bertz CT molecular complexity index is 392. The highest BCUT2D eigenvalue weighted by atomic mass is 35.5. The van der Waals surface area contributed by atoms with Crippen molar-refractivity contribution in [3.8, 4) is 0 Å². The third kappa shape index (κ3) is 0.994. The maximum atomic E-state index is 5.78. The highest BCUT2D eigenvalue weighted by Crippen LogP contribution is 2.13. The summed E-state index contributed by atoms with van der Waals surface area (Å²) in [4.78, 5) is 4.14. The lowest BCUT2D eigenvalue weighted by Gasteiger charge is -1.93. The fourth-order valence-corrected chi connectivity index (χ4v) is 1.28. The molecule has 0 aromatic carbocycles. The molecule has 0 saturated heterocycles. The van der Waals surface area contributed by atoms with Gasteiger partial charge < -0.3 is 4.40 Å². The summed E-state index contributed by atoms with van der Waals surface area (Å²) in [6, 6.07) is 3.83. The van der Waals surface area contributed by atoms with Crippen molar-refractivity contribution < 1.29 is 0 Å². The fraction of sp³-hybridized carbons (Fsp3) is 0.125. The second-order valence-corrected chi connectivity index (χ2v) is 2.91. The first-order chi connectivity index (χ1) is 5.27. The predicted octanol–water partition coefficient (Wildman–Crippen LogP) is 2.30. The van der Waals surface area contributed by atoms with Crippen LogP contribution < -0.4 is 0 Å². The van der Waals surface area contributed by atoms with Gasteiger partial charge in [-0.25, -0.2) is 4.98 Å². The van der Waals surface area contributed by atoms with E-state index in [0.29, 0.717) is 0 Å². The first kappa shape index (κ1) is 6.68. The van der Waals surface area contributed by atoms with Crippen LogP contribution in [0.4, 0.5) is 0 Å². The van der Waals surface area contributed by atoms with E-state index in [2.05, 4.69) is 4.98 Å². The summed E-state index contributed by atoms with van der Waals surface area (Å²) in [6.45, 7) is 1.98. The molecule has 0 atom stereocenters. The summed E-state index contributed by atoms with van der Waals surface area (Å²) in [5, 5.41) is 0.731. The minimum atomic E-state index is 0.731. The van der Waals surface area contributed by atoms with Gasteiger partial charge in [-0.05, 0) is 19.1 Å². The second kappa shape index (κ2) is 2.24. The highest BCUT2D eigenvalue weighted by Gasteiger charge is 1.97. The van der Waals surface area contributed by atoms with Crippen molar-refractivity contribution in [2.45, 2.75) is 6.92 Å². The molecule has 0 amide bonds. The Morgan fingerprint density at radius 2 is 2.27 bits per heavy atom. The molecule has 0 bridgehead atoms. The van der Waals surface area contributed by atoms with Crippen molar-refractivity contribution >= 4 is 17.1 Å². The second-order valence-electron chi connectivity index (χ2n) is 2.47. The van der Waals surface area contributed by atoms with Crippen LogP contribution in [0.15, 0.2) is 24.7 Å². The lowest BCUT2D eigenvalue weighted by Crippen LogP contribution is -1.80. The molecule has 2 aromatic rings. The molecule has 0 radical (unpaired) electrons. The summed E-state index contributed by atoms with van der Waals surface area (Å²) in [5.74, 6) is 0. The zero-order valence-electron chi connectivity index (χ0n) is 6.08. The van der Waals surface area contributed by atoms with Gasteiger partial charge in [0, 0.05) is 6.20 Å². The minimum absolute atomic E-state index is 0.731. The smallest absolute Gasteiger partial charge is 0.0995 e. The summed E-state index contributed by atoms with van der Waals surface area (Å²) in [6.07, 6.45) is 3.60. The molecule has 0 aliphatic carbocycles. The number of hydrogen-bond acceptors (Lipinski definition) is 1. The molecule has 0 saturated carbocycles. The van der Waals surface area contributed by atoms with Crippen molar-refractivity contribution in [3.05, 3.63) is 35.4 Å². The van der Waals surface area contributed by atoms with E-state index in [1.807, 2.05) is 29.7 Å². The van der Waals surface area contributed by atoms with E-state index in [1.54, 1.807) is 6.33 Å². The molecule has 0 N–H and O–H groups in total. The van der Waals surface area contributed by atoms with Crippen molar-refractivity contribution in [2.75, 3.05) is 0 Å². The number of aromatic nitrogens is 2. The third-order valence-electron chi connectivity index (χ3n) is 1.69. The number of imidazole rings is 1. The van der Waals surface area contributed by atoms with Crippen LogP contribution in [0.25, 0.3) is 5.52 Å². The van der Waals surface area contributed by atoms with Crippen molar-refractivity contribution in [1.82, 2.24) is 9.38 Å². The van der Waals surface area contributed by atoms with Crippen LogP contribution in [-0.4, -0.2) is 9.38 Å². The van der Waals surface area contributed by atoms with E-state index in [0.717, 1.165) is 16.2 Å². The van der Waals surface area contributed by atoms with Gasteiger partial charge in [-0.1, -0.05) is 11.6 Å². The lowest BCUT2D eigenvalue weighted by atomic mass is 10.3. The van der Waals surface area contributed by atoms with Crippen LogP contribution in [0.5, 0.6) is 0 Å². The zero-order valence-corrected chi connectivity index (χ0v) is 6.84. The minimum Gasteiger partial charge on any atom is -0.305 e. The Hall–Kier alpha value is -1.02. The van der Waals surface area contributed by atoms with Crippen LogP contribution in [-0.2, 0) is 0 Å². The van der Waals surface area contributed by atoms with Gasteiger partial charge in [-0.2, -0.15) is 0 Å². The number of aryl methyl sites for hydroxylation is 1. The van der Waals surface area contributed by atoms with Crippen molar-refractivity contribution in [1.29, 1.82) is 0 Å². The van der Waals surface area contributed by atoms with Gasteiger partial charge in [0.15, 0.2) is 0 Å². The van der Waals surface area contributed by atoms with E-state index in [9.17, 15) is 0 Å². The number of rotatable bonds is 0. The van der Waals surface area contributed by atoms with E-state index < -0.39 is 0 Å². The maximum Gasteiger partial charge on any atom is 0.0995 e. The van der Waals surface area contributed by atoms with Crippen molar-refractivity contribution in [3.63, 3.8) is 0 Å². The Labute approximate surface area is 69.4 Å². The monoisotopic (exact) mass is 166 g/mol. The average molecular weight is 167 g/mol. The molecule has 0 fully saturated rings. The van der Waals surface area contributed by atoms with Gasteiger partial charge in [0.2, 0.25) is 0 Å². The molecule has 56 valence electrons. The summed E-state index contributed by atoms with van der Waals surface area (Å²) in [5.41, 5.74) is 2.14. The highest BCUT2D eigenvalue weighted by molar-refractivity contribution is 6.30. The van der Waals surface area contributed by atoms with Crippen LogP contribution in [0.1, 0.15) is 5.69 Å². The fourth-order valence-electron chi connectivity index (χ4n) is 1.11. The van der Waals surface area contributed by atoms with Crippen LogP contribution in [0.3, 0.4) is 0 Å². The summed E-state index contributed by atoms with van der Waals surface area (Å²) in [7, 11) is 0. The SMILES string of the molecule is Cc1ncn2cc(Cl)ccc12. The Morgan fingerprint density at radius 1 is 1.45 bits per heavy atom. The molecule has 2 nitrogen and oxygen atoms in total. The molecule has 0 spiro atoms. The number of halogens is 1. The van der Waals surface area contributed by atoms with E-state index in [1.165, 1.54) is 0 Å². The van der Waals surface area contributed by atoms with Gasteiger partial charge in [0.05, 0.1) is 22.6 Å². The van der Waals surface area contributed by atoms with E-state index in [-0.39, 0.29) is 0 Å². The number of hydrogen-bond donors (Lipinski definition) is 0. The summed E-state index contributed by atoms with van der Waals surface area (Å²) < 4.78 is 1.91. The number of pyridine rings is 1. The van der Waals surface area contributed by atoms with E-state index in [4.69, 9.17) is 11.6 Å². The lowest BCUT2D eigenvalue weighted by molar-refractivity contribution is 1.15. The molecule has 2 rings (SSSR count).